The summed E-state index contributed by atoms with van der Waals surface area (Å²) < 4.78 is 10.3. The lowest BCUT2D eigenvalue weighted by Crippen LogP contribution is -1.91. The second-order valence-corrected chi connectivity index (χ2v) is 6.20. The van der Waals surface area contributed by atoms with E-state index in [2.05, 4.69) is 9.98 Å². The van der Waals surface area contributed by atoms with Gasteiger partial charge in [0, 0.05) is 23.6 Å². The maximum absolute atomic E-state index is 10.6. The van der Waals surface area contributed by atoms with Crippen LogP contribution in [0.5, 0.6) is 17.2 Å². The standard InChI is InChI=1S/C23H22N2O3/c1-16-12-17(14-24-19-4-8-21(27-2)9-5-19)23(26)18(13-16)15-25-20-6-10-22(28-3)11-7-20/h4-15,26H,1-3H3. The highest BCUT2D eigenvalue weighted by Gasteiger charge is 2.06. The summed E-state index contributed by atoms with van der Waals surface area (Å²) in [6.45, 7) is 1.97. The molecule has 0 aromatic heterocycles. The predicted octanol–water partition coefficient (Wildman–Crippen LogP) is 5.22. The third-order valence-electron chi connectivity index (χ3n) is 4.16. The van der Waals surface area contributed by atoms with E-state index in [9.17, 15) is 5.11 Å². The monoisotopic (exact) mass is 374 g/mol. The highest BCUT2D eigenvalue weighted by atomic mass is 16.5. The quantitative estimate of drug-likeness (QED) is 0.602. The van der Waals surface area contributed by atoms with Crippen LogP contribution in [0.1, 0.15) is 16.7 Å². The zero-order valence-electron chi connectivity index (χ0n) is 16.1. The van der Waals surface area contributed by atoms with Crippen LogP contribution in [-0.4, -0.2) is 31.8 Å². The lowest BCUT2D eigenvalue weighted by molar-refractivity contribution is 0.415. The summed E-state index contributed by atoms with van der Waals surface area (Å²) in [4.78, 5) is 8.87. The molecule has 0 heterocycles. The van der Waals surface area contributed by atoms with Crippen LogP contribution in [0, 0.1) is 6.92 Å². The van der Waals surface area contributed by atoms with Gasteiger partial charge in [0.25, 0.3) is 0 Å². The van der Waals surface area contributed by atoms with Gasteiger partial charge in [-0.1, -0.05) is 0 Å². The van der Waals surface area contributed by atoms with Gasteiger partial charge in [0.1, 0.15) is 17.2 Å². The molecule has 0 fully saturated rings. The highest BCUT2D eigenvalue weighted by Crippen LogP contribution is 2.25. The first kappa shape index (κ1) is 19.2. The van der Waals surface area contributed by atoms with Gasteiger partial charge in [0.05, 0.1) is 25.6 Å². The van der Waals surface area contributed by atoms with E-state index in [1.807, 2.05) is 67.6 Å². The first-order valence-electron chi connectivity index (χ1n) is 8.79. The molecule has 0 saturated carbocycles. The topological polar surface area (TPSA) is 63.4 Å². The van der Waals surface area contributed by atoms with Crippen molar-refractivity contribution in [2.75, 3.05) is 14.2 Å². The van der Waals surface area contributed by atoms with E-state index in [-0.39, 0.29) is 5.75 Å². The first-order chi connectivity index (χ1) is 13.6. The number of aromatic hydroxyl groups is 1. The fourth-order valence-corrected chi connectivity index (χ4v) is 2.66. The second kappa shape index (κ2) is 8.86. The third-order valence-corrected chi connectivity index (χ3v) is 4.16. The van der Waals surface area contributed by atoms with Gasteiger partial charge in [-0.3, -0.25) is 9.98 Å². The summed E-state index contributed by atoms with van der Waals surface area (Å²) >= 11 is 0. The number of aryl methyl sites for hydroxylation is 1. The zero-order valence-corrected chi connectivity index (χ0v) is 16.1. The summed E-state index contributed by atoms with van der Waals surface area (Å²) in [5.41, 5.74) is 3.81. The average molecular weight is 374 g/mol. The molecule has 0 saturated heterocycles. The van der Waals surface area contributed by atoms with Crippen molar-refractivity contribution in [1.29, 1.82) is 0 Å². The molecule has 142 valence electrons. The molecular formula is C23H22N2O3. The fraction of sp³-hybridized carbons (Fsp3) is 0.130. The Balaban J connectivity index is 1.84. The SMILES string of the molecule is COc1ccc(N=Cc2cc(C)cc(C=Nc3ccc(OC)cc3)c2O)cc1. The second-order valence-electron chi connectivity index (χ2n) is 6.20. The number of benzene rings is 3. The van der Waals surface area contributed by atoms with E-state index in [1.165, 1.54) is 0 Å². The molecule has 3 rings (SSSR count). The molecular weight excluding hydrogens is 352 g/mol. The normalized spacial score (nSPS) is 11.2. The van der Waals surface area contributed by atoms with Crippen molar-refractivity contribution >= 4 is 23.8 Å². The minimum Gasteiger partial charge on any atom is -0.507 e. The smallest absolute Gasteiger partial charge is 0.133 e. The van der Waals surface area contributed by atoms with Crippen LogP contribution < -0.4 is 9.47 Å². The minimum absolute atomic E-state index is 0.139. The molecule has 28 heavy (non-hydrogen) atoms. The van der Waals surface area contributed by atoms with Crippen LogP contribution >= 0.6 is 0 Å². The molecule has 3 aromatic carbocycles. The molecule has 0 radical (unpaired) electrons. The molecule has 0 aliphatic rings. The Morgan fingerprint density at radius 2 is 1.11 bits per heavy atom. The number of phenolic OH excluding ortho intramolecular Hbond substituents is 1. The van der Waals surface area contributed by atoms with Crippen molar-refractivity contribution in [2.24, 2.45) is 9.98 Å². The number of methoxy groups -OCH3 is 2. The van der Waals surface area contributed by atoms with Crippen LogP contribution in [-0.2, 0) is 0 Å². The van der Waals surface area contributed by atoms with Gasteiger partial charge in [-0.2, -0.15) is 0 Å². The summed E-state index contributed by atoms with van der Waals surface area (Å²) in [6, 6.07) is 18.6. The van der Waals surface area contributed by atoms with Gasteiger partial charge in [0.2, 0.25) is 0 Å². The van der Waals surface area contributed by atoms with Gasteiger partial charge in [-0.25, -0.2) is 0 Å². The summed E-state index contributed by atoms with van der Waals surface area (Å²) in [5, 5.41) is 10.6. The molecule has 0 bridgehead atoms. The Kier molecular flexibility index (Phi) is 6.07. The van der Waals surface area contributed by atoms with Crippen molar-refractivity contribution in [3.63, 3.8) is 0 Å². The van der Waals surface area contributed by atoms with Crippen molar-refractivity contribution in [2.45, 2.75) is 6.92 Å². The van der Waals surface area contributed by atoms with E-state index in [0.717, 1.165) is 28.4 Å². The van der Waals surface area contributed by atoms with Gasteiger partial charge in [-0.05, 0) is 73.2 Å². The molecule has 5 nitrogen and oxygen atoms in total. The maximum atomic E-state index is 10.6. The number of hydrogen-bond acceptors (Lipinski definition) is 5. The van der Waals surface area contributed by atoms with Crippen LogP contribution in [0.15, 0.2) is 70.6 Å². The molecule has 0 atom stereocenters. The Morgan fingerprint density at radius 1 is 0.714 bits per heavy atom. The van der Waals surface area contributed by atoms with Gasteiger partial charge in [0.15, 0.2) is 0 Å². The zero-order chi connectivity index (χ0) is 19.9. The number of aliphatic imine (C=N–C) groups is 2. The van der Waals surface area contributed by atoms with E-state index in [4.69, 9.17) is 9.47 Å². The fourth-order valence-electron chi connectivity index (χ4n) is 2.66. The van der Waals surface area contributed by atoms with Crippen LogP contribution in [0.2, 0.25) is 0 Å². The molecule has 0 unspecified atom stereocenters. The first-order valence-corrected chi connectivity index (χ1v) is 8.79. The van der Waals surface area contributed by atoms with E-state index in [1.54, 1.807) is 26.6 Å². The Morgan fingerprint density at radius 3 is 1.46 bits per heavy atom. The third kappa shape index (κ3) is 4.76. The number of nitrogens with zero attached hydrogens (tertiary/aromatic N) is 2. The molecule has 0 spiro atoms. The highest BCUT2D eigenvalue weighted by molar-refractivity contribution is 5.93. The molecule has 3 aromatic rings. The number of rotatable bonds is 6. The Hall–Kier alpha value is -3.60. The Bertz CT molecular complexity index is 913. The number of hydrogen-bond donors (Lipinski definition) is 1. The van der Waals surface area contributed by atoms with Crippen LogP contribution in [0.3, 0.4) is 0 Å². The number of ether oxygens (including phenoxy) is 2. The van der Waals surface area contributed by atoms with Gasteiger partial charge in [-0.15, -0.1) is 0 Å². The largest absolute Gasteiger partial charge is 0.507 e. The molecule has 0 amide bonds. The lowest BCUT2D eigenvalue weighted by atomic mass is 10.1. The van der Waals surface area contributed by atoms with E-state index < -0.39 is 0 Å². The summed E-state index contributed by atoms with van der Waals surface area (Å²) in [5.74, 6) is 1.68. The van der Waals surface area contributed by atoms with Crippen LogP contribution in [0.4, 0.5) is 11.4 Å². The minimum atomic E-state index is 0.139. The van der Waals surface area contributed by atoms with Gasteiger partial charge >= 0.3 is 0 Å². The van der Waals surface area contributed by atoms with E-state index >= 15 is 0 Å². The summed E-state index contributed by atoms with van der Waals surface area (Å²) in [6.07, 6.45) is 3.30. The van der Waals surface area contributed by atoms with Crippen molar-refractivity contribution in [3.8, 4) is 17.2 Å². The predicted molar refractivity (Wildman–Crippen MR) is 113 cm³/mol. The van der Waals surface area contributed by atoms with Crippen molar-refractivity contribution in [3.05, 3.63) is 77.4 Å². The van der Waals surface area contributed by atoms with E-state index in [0.29, 0.717) is 11.1 Å². The molecule has 0 aliphatic heterocycles. The summed E-state index contributed by atoms with van der Waals surface area (Å²) in [7, 11) is 3.25. The molecule has 1 N–H and O–H groups in total. The van der Waals surface area contributed by atoms with Crippen molar-refractivity contribution in [1.82, 2.24) is 0 Å². The molecule has 5 heteroatoms. The number of phenols is 1. The maximum Gasteiger partial charge on any atom is 0.133 e. The molecule has 0 aliphatic carbocycles. The van der Waals surface area contributed by atoms with Crippen molar-refractivity contribution < 1.29 is 14.6 Å². The van der Waals surface area contributed by atoms with Gasteiger partial charge < -0.3 is 14.6 Å². The lowest BCUT2D eigenvalue weighted by Gasteiger charge is -2.06. The average Bonchev–Trinajstić information content (AvgIpc) is 2.73. The van der Waals surface area contributed by atoms with Crippen LogP contribution in [0.25, 0.3) is 0 Å². The Labute approximate surface area is 164 Å².